The van der Waals surface area contributed by atoms with Crippen LogP contribution in [0.25, 0.3) is 0 Å². The first kappa shape index (κ1) is 16.7. The van der Waals surface area contributed by atoms with E-state index in [4.69, 9.17) is 0 Å². The third-order valence-electron chi connectivity index (χ3n) is 3.44. The van der Waals surface area contributed by atoms with Gasteiger partial charge >= 0.3 is 0 Å². The van der Waals surface area contributed by atoms with Gasteiger partial charge in [0.1, 0.15) is 0 Å². The average molecular weight is 394 g/mol. The van der Waals surface area contributed by atoms with E-state index in [-0.39, 0.29) is 24.0 Å². The Balaban J connectivity index is 0.00000180. The maximum absolute atomic E-state index is 4.25. The van der Waals surface area contributed by atoms with E-state index in [2.05, 4.69) is 44.4 Å². The van der Waals surface area contributed by atoms with Crippen LogP contribution in [-0.2, 0) is 6.54 Å². The van der Waals surface area contributed by atoms with Crippen LogP contribution in [-0.4, -0.2) is 44.1 Å². The average Bonchev–Trinajstić information content (AvgIpc) is 3.01. The molecule has 6 heteroatoms. The lowest BCUT2D eigenvalue weighted by Gasteiger charge is -2.21. The van der Waals surface area contributed by atoms with Crippen molar-refractivity contribution < 1.29 is 0 Å². The van der Waals surface area contributed by atoms with Crippen LogP contribution < -0.4 is 10.6 Å². The smallest absolute Gasteiger partial charge is 0.191 e. The number of hydrogen-bond acceptors (Lipinski definition) is 3. The molecular formula is C13H23IN4S. The number of thiophene rings is 1. The Morgan fingerprint density at radius 1 is 1.53 bits per heavy atom. The van der Waals surface area contributed by atoms with E-state index in [1.807, 2.05) is 7.05 Å². The highest BCUT2D eigenvalue weighted by atomic mass is 127. The summed E-state index contributed by atoms with van der Waals surface area (Å²) in [6, 6.07) is 2.78. The second-order valence-electron chi connectivity index (χ2n) is 4.71. The van der Waals surface area contributed by atoms with Gasteiger partial charge in [0.15, 0.2) is 5.96 Å². The summed E-state index contributed by atoms with van der Waals surface area (Å²) in [4.78, 5) is 6.67. The molecule has 1 aromatic heterocycles. The van der Waals surface area contributed by atoms with Crippen molar-refractivity contribution in [1.82, 2.24) is 15.5 Å². The zero-order chi connectivity index (χ0) is 12.8. The summed E-state index contributed by atoms with van der Waals surface area (Å²) < 4.78 is 0. The summed E-state index contributed by atoms with van der Waals surface area (Å²) >= 11 is 1.73. The topological polar surface area (TPSA) is 39.7 Å². The SMILES string of the molecule is CN=C(NCc1ccsc1)NCC1CCCN1C.I. The number of aliphatic imine (C=N–C) groups is 1. The van der Waals surface area contributed by atoms with Crippen LogP contribution in [0.4, 0.5) is 0 Å². The van der Waals surface area contributed by atoms with E-state index in [1.165, 1.54) is 24.9 Å². The Morgan fingerprint density at radius 3 is 2.95 bits per heavy atom. The molecular weight excluding hydrogens is 371 g/mol. The number of likely N-dealkylation sites (N-methyl/N-ethyl adjacent to an activating group) is 1. The second kappa shape index (κ2) is 8.76. The lowest BCUT2D eigenvalue weighted by atomic mass is 10.2. The second-order valence-corrected chi connectivity index (χ2v) is 5.49. The lowest BCUT2D eigenvalue weighted by Crippen LogP contribution is -2.43. The number of nitrogens with one attached hydrogen (secondary N) is 2. The van der Waals surface area contributed by atoms with Gasteiger partial charge in [0.05, 0.1) is 0 Å². The molecule has 0 spiro atoms. The summed E-state index contributed by atoms with van der Waals surface area (Å²) in [5, 5.41) is 11.0. The molecule has 2 rings (SSSR count). The Morgan fingerprint density at radius 2 is 2.37 bits per heavy atom. The quantitative estimate of drug-likeness (QED) is 0.467. The molecule has 0 bridgehead atoms. The zero-order valence-corrected chi connectivity index (χ0v) is 14.7. The number of nitrogens with zero attached hydrogens (tertiary/aromatic N) is 2. The van der Waals surface area contributed by atoms with Crippen molar-refractivity contribution in [2.45, 2.75) is 25.4 Å². The van der Waals surface area contributed by atoms with Gasteiger partial charge in [-0.25, -0.2) is 0 Å². The molecule has 1 atom stereocenters. The molecule has 2 N–H and O–H groups in total. The van der Waals surface area contributed by atoms with E-state index in [1.54, 1.807) is 11.3 Å². The van der Waals surface area contributed by atoms with Gasteiger partial charge in [-0.05, 0) is 48.8 Å². The van der Waals surface area contributed by atoms with Crippen LogP contribution >= 0.6 is 35.3 Å². The molecule has 0 amide bonds. The minimum Gasteiger partial charge on any atom is -0.355 e. The monoisotopic (exact) mass is 394 g/mol. The van der Waals surface area contributed by atoms with E-state index in [0.29, 0.717) is 6.04 Å². The third kappa shape index (κ3) is 5.27. The molecule has 0 radical (unpaired) electrons. The fraction of sp³-hybridized carbons (Fsp3) is 0.615. The first-order valence-electron chi connectivity index (χ1n) is 6.45. The van der Waals surface area contributed by atoms with Crippen molar-refractivity contribution in [1.29, 1.82) is 0 Å². The highest BCUT2D eigenvalue weighted by molar-refractivity contribution is 14.0. The minimum absolute atomic E-state index is 0. The van der Waals surface area contributed by atoms with Crippen LogP contribution in [0.2, 0.25) is 0 Å². The van der Waals surface area contributed by atoms with Crippen molar-refractivity contribution in [2.24, 2.45) is 4.99 Å². The molecule has 2 heterocycles. The Kier molecular flexibility index (Phi) is 7.70. The van der Waals surface area contributed by atoms with Gasteiger partial charge in [-0.15, -0.1) is 24.0 Å². The lowest BCUT2D eigenvalue weighted by molar-refractivity contribution is 0.309. The molecule has 1 aromatic rings. The first-order chi connectivity index (χ1) is 8.79. The summed E-state index contributed by atoms with van der Waals surface area (Å²) in [6.07, 6.45) is 2.59. The molecule has 108 valence electrons. The molecule has 0 aromatic carbocycles. The van der Waals surface area contributed by atoms with Crippen LogP contribution in [0, 0.1) is 0 Å². The van der Waals surface area contributed by atoms with Crippen molar-refractivity contribution in [3.05, 3.63) is 22.4 Å². The van der Waals surface area contributed by atoms with E-state index in [9.17, 15) is 0 Å². The van der Waals surface area contributed by atoms with Crippen molar-refractivity contribution >= 4 is 41.3 Å². The molecule has 0 aliphatic carbocycles. The number of halogens is 1. The molecule has 4 nitrogen and oxygen atoms in total. The van der Waals surface area contributed by atoms with Gasteiger partial charge in [-0.2, -0.15) is 11.3 Å². The summed E-state index contributed by atoms with van der Waals surface area (Å²) in [5.41, 5.74) is 1.31. The predicted molar refractivity (Wildman–Crippen MR) is 93.6 cm³/mol. The molecule has 0 saturated carbocycles. The van der Waals surface area contributed by atoms with E-state index in [0.717, 1.165) is 19.0 Å². The highest BCUT2D eigenvalue weighted by Crippen LogP contribution is 2.13. The predicted octanol–water partition coefficient (Wildman–Crippen LogP) is 2.13. The first-order valence-corrected chi connectivity index (χ1v) is 7.39. The number of hydrogen-bond donors (Lipinski definition) is 2. The standard InChI is InChI=1S/C13H22N4S.HI/c1-14-13(15-8-11-5-7-18-10-11)16-9-12-4-3-6-17(12)2;/h5,7,10,12H,3-4,6,8-9H2,1-2H3,(H2,14,15,16);1H. The summed E-state index contributed by atoms with van der Waals surface area (Å²) in [6.45, 7) is 3.02. The molecule has 1 saturated heterocycles. The van der Waals surface area contributed by atoms with E-state index >= 15 is 0 Å². The van der Waals surface area contributed by atoms with Crippen LogP contribution in [0.15, 0.2) is 21.8 Å². The molecule has 1 unspecified atom stereocenters. The molecule has 1 fully saturated rings. The minimum atomic E-state index is 0. The van der Waals surface area contributed by atoms with Crippen molar-refractivity contribution in [3.63, 3.8) is 0 Å². The molecule has 1 aliphatic heterocycles. The zero-order valence-electron chi connectivity index (χ0n) is 11.6. The van der Waals surface area contributed by atoms with Gasteiger partial charge in [-0.3, -0.25) is 4.99 Å². The number of rotatable bonds is 4. The van der Waals surface area contributed by atoms with Gasteiger partial charge in [0.25, 0.3) is 0 Å². The normalized spacial score (nSPS) is 20.1. The van der Waals surface area contributed by atoms with Crippen molar-refractivity contribution in [3.8, 4) is 0 Å². The number of likely N-dealkylation sites (tertiary alicyclic amines) is 1. The van der Waals surface area contributed by atoms with Crippen LogP contribution in [0.1, 0.15) is 18.4 Å². The van der Waals surface area contributed by atoms with E-state index < -0.39 is 0 Å². The molecule has 1 aliphatic rings. The Labute approximate surface area is 136 Å². The van der Waals surface area contributed by atoms with Gasteiger partial charge < -0.3 is 15.5 Å². The highest BCUT2D eigenvalue weighted by Gasteiger charge is 2.20. The van der Waals surface area contributed by atoms with Crippen molar-refractivity contribution in [2.75, 3.05) is 27.2 Å². The maximum atomic E-state index is 4.25. The Bertz CT molecular complexity index is 380. The number of guanidine groups is 1. The largest absolute Gasteiger partial charge is 0.355 e. The van der Waals surface area contributed by atoms with Gasteiger partial charge in [0, 0.05) is 26.2 Å². The fourth-order valence-corrected chi connectivity index (χ4v) is 2.92. The Hall–Kier alpha value is -0.340. The fourth-order valence-electron chi connectivity index (χ4n) is 2.25. The summed E-state index contributed by atoms with van der Waals surface area (Å²) in [7, 11) is 4.02. The third-order valence-corrected chi connectivity index (χ3v) is 4.17. The van der Waals surface area contributed by atoms with Crippen LogP contribution in [0.5, 0.6) is 0 Å². The molecule has 19 heavy (non-hydrogen) atoms. The van der Waals surface area contributed by atoms with Gasteiger partial charge in [0.2, 0.25) is 0 Å². The maximum Gasteiger partial charge on any atom is 0.191 e. The van der Waals surface area contributed by atoms with Crippen LogP contribution in [0.3, 0.4) is 0 Å². The summed E-state index contributed by atoms with van der Waals surface area (Å²) in [5.74, 6) is 0.890. The van der Waals surface area contributed by atoms with Gasteiger partial charge in [-0.1, -0.05) is 0 Å².